The minimum Gasteiger partial charge on any atom is -0.379 e. The Morgan fingerprint density at radius 2 is 1.91 bits per heavy atom. The van der Waals surface area contributed by atoms with Gasteiger partial charge in [0.15, 0.2) is 5.13 Å². The lowest BCUT2D eigenvalue weighted by atomic mass is 10.0. The summed E-state index contributed by atoms with van der Waals surface area (Å²) in [6.07, 6.45) is 2.44. The molecule has 0 spiro atoms. The lowest BCUT2D eigenvalue weighted by Gasteiger charge is -2.40. The largest absolute Gasteiger partial charge is 0.379 e. The summed E-state index contributed by atoms with van der Waals surface area (Å²) >= 11 is 7.82. The molecule has 0 N–H and O–H groups in total. The number of hydrogen-bond acceptors (Lipinski definition) is 5. The van der Waals surface area contributed by atoms with Gasteiger partial charge in [-0.1, -0.05) is 22.9 Å². The normalized spacial score (nSPS) is 21.6. The molecular weight excluding hydrogens is 318 g/mol. The maximum Gasteiger partial charge on any atom is 0.186 e. The Balaban J connectivity index is 1.43. The molecule has 2 fully saturated rings. The molecule has 2 aromatic rings. The van der Waals surface area contributed by atoms with Crippen molar-refractivity contribution in [3.8, 4) is 0 Å². The third-order valence-electron chi connectivity index (χ3n) is 4.64. The van der Waals surface area contributed by atoms with Gasteiger partial charge in [0.25, 0.3) is 0 Å². The molecule has 118 valence electrons. The first kappa shape index (κ1) is 14.7. The molecule has 2 aliphatic heterocycles. The van der Waals surface area contributed by atoms with Crippen molar-refractivity contribution in [3.63, 3.8) is 0 Å². The summed E-state index contributed by atoms with van der Waals surface area (Å²) in [5.74, 6) is 0. The van der Waals surface area contributed by atoms with E-state index in [1.54, 1.807) is 11.3 Å². The highest BCUT2D eigenvalue weighted by Gasteiger charge is 2.26. The average molecular weight is 338 g/mol. The number of morpholine rings is 1. The van der Waals surface area contributed by atoms with Crippen LogP contribution in [0.15, 0.2) is 18.2 Å². The fourth-order valence-electron chi connectivity index (χ4n) is 3.39. The van der Waals surface area contributed by atoms with Gasteiger partial charge in [0.2, 0.25) is 0 Å². The van der Waals surface area contributed by atoms with Gasteiger partial charge in [-0.15, -0.1) is 0 Å². The Hall–Kier alpha value is -0.880. The standard InChI is InChI=1S/C16H20ClN3OS/c17-12-1-2-14-15(11-12)22-16(18-14)20-5-3-13(4-6-20)19-7-9-21-10-8-19/h1-2,11,13H,3-10H2. The molecule has 2 saturated heterocycles. The zero-order valence-corrected chi connectivity index (χ0v) is 14.1. The van der Waals surface area contributed by atoms with E-state index in [1.807, 2.05) is 18.2 Å². The van der Waals surface area contributed by atoms with E-state index in [4.69, 9.17) is 21.3 Å². The third-order valence-corrected chi connectivity index (χ3v) is 5.95. The maximum atomic E-state index is 6.07. The monoisotopic (exact) mass is 337 g/mol. The summed E-state index contributed by atoms with van der Waals surface area (Å²) < 4.78 is 6.63. The van der Waals surface area contributed by atoms with E-state index in [9.17, 15) is 0 Å². The molecule has 1 aromatic carbocycles. The second-order valence-corrected chi connectivity index (χ2v) is 7.42. The first-order chi connectivity index (χ1) is 10.8. The van der Waals surface area contributed by atoms with Gasteiger partial charge >= 0.3 is 0 Å². The summed E-state index contributed by atoms with van der Waals surface area (Å²) in [6.45, 7) is 6.14. The van der Waals surface area contributed by atoms with Gasteiger partial charge < -0.3 is 9.64 Å². The summed E-state index contributed by atoms with van der Waals surface area (Å²) in [7, 11) is 0. The van der Waals surface area contributed by atoms with Crippen LogP contribution in [0.3, 0.4) is 0 Å². The minimum atomic E-state index is 0.712. The number of fused-ring (bicyclic) bond motifs is 1. The van der Waals surface area contributed by atoms with E-state index in [0.29, 0.717) is 6.04 Å². The number of aromatic nitrogens is 1. The summed E-state index contributed by atoms with van der Waals surface area (Å²) in [6, 6.07) is 6.65. The zero-order chi connectivity index (χ0) is 14.9. The summed E-state index contributed by atoms with van der Waals surface area (Å²) in [5.41, 5.74) is 1.06. The van der Waals surface area contributed by atoms with Crippen molar-refractivity contribution in [3.05, 3.63) is 23.2 Å². The van der Waals surface area contributed by atoms with Crippen LogP contribution >= 0.6 is 22.9 Å². The molecule has 0 unspecified atom stereocenters. The number of ether oxygens (including phenoxy) is 1. The van der Waals surface area contributed by atoms with E-state index in [0.717, 1.165) is 55.1 Å². The van der Waals surface area contributed by atoms with Gasteiger partial charge in [0, 0.05) is 37.2 Å². The smallest absolute Gasteiger partial charge is 0.186 e. The second-order valence-electron chi connectivity index (χ2n) is 5.98. The van der Waals surface area contributed by atoms with Crippen LogP contribution in [0.4, 0.5) is 5.13 Å². The zero-order valence-electron chi connectivity index (χ0n) is 12.5. The maximum absolute atomic E-state index is 6.07. The van der Waals surface area contributed by atoms with Crippen LogP contribution in [0.25, 0.3) is 10.2 Å². The quantitative estimate of drug-likeness (QED) is 0.841. The molecule has 22 heavy (non-hydrogen) atoms. The van der Waals surface area contributed by atoms with E-state index >= 15 is 0 Å². The lowest BCUT2D eigenvalue weighted by Crippen LogP contribution is -2.49. The van der Waals surface area contributed by atoms with Crippen molar-refractivity contribution in [1.82, 2.24) is 9.88 Å². The molecule has 0 aliphatic carbocycles. The van der Waals surface area contributed by atoms with E-state index in [-0.39, 0.29) is 0 Å². The van der Waals surface area contributed by atoms with Gasteiger partial charge in [-0.25, -0.2) is 4.98 Å². The Kier molecular flexibility index (Phi) is 4.22. The van der Waals surface area contributed by atoms with Gasteiger partial charge in [-0.3, -0.25) is 4.90 Å². The van der Waals surface area contributed by atoms with Gasteiger partial charge in [-0.05, 0) is 31.0 Å². The van der Waals surface area contributed by atoms with Crippen LogP contribution in [0.1, 0.15) is 12.8 Å². The van der Waals surface area contributed by atoms with Crippen molar-refractivity contribution in [1.29, 1.82) is 0 Å². The van der Waals surface area contributed by atoms with Crippen molar-refractivity contribution in [2.75, 3.05) is 44.3 Å². The number of anilines is 1. The molecule has 2 aliphatic rings. The predicted octanol–water partition coefficient (Wildman–Crippen LogP) is 3.25. The molecule has 4 nitrogen and oxygen atoms in total. The van der Waals surface area contributed by atoms with Gasteiger partial charge in [0.05, 0.1) is 23.4 Å². The van der Waals surface area contributed by atoms with Crippen LogP contribution in [0.5, 0.6) is 0 Å². The van der Waals surface area contributed by atoms with E-state index < -0.39 is 0 Å². The van der Waals surface area contributed by atoms with Crippen molar-refractivity contribution >= 4 is 38.3 Å². The van der Waals surface area contributed by atoms with Crippen LogP contribution in [-0.4, -0.2) is 55.3 Å². The fourth-order valence-corrected chi connectivity index (χ4v) is 4.68. The summed E-state index contributed by atoms with van der Waals surface area (Å²) in [4.78, 5) is 9.79. The Bertz CT molecular complexity index is 648. The molecule has 0 saturated carbocycles. The van der Waals surface area contributed by atoms with Crippen LogP contribution < -0.4 is 4.90 Å². The molecular formula is C16H20ClN3OS. The highest BCUT2D eigenvalue weighted by molar-refractivity contribution is 7.22. The highest BCUT2D eigenvalue weighted by Crippen LogP contribution is 2.32. The van der Waals surface area contributed by atoms with E-state index in [1.165, 1.54) is 17.5 Å². The first-order valence-corrected chi connectivity index (χ1v) is 9.12. The fraction of sp³-hybridized carbons (Fsp3) is 0.562. The van der Waals surface area contributed by atoms with Crippen LogP contribution in [0, 0.1) is 0 Å². The van der Waals surface area contributed by atoms with Crippen molar-refractivity contribution in [2.45, 2.75) is 18.9 Å². The number of rotatable bonds is 2. The Labute approximate surface area is 139 Å². The number of halogens is 1. The summed E-state index contributed by atoms with van der Waals surface area (Å²) in [5, 5.41) is 1.92. The highest BCUT2D eigenvalue weighted by atomic mass is 35.5. The first-order valence-electron chi connectivity index (χ1n) is 7.92. The van der Waals surface area contributed by atoms with Crippen molar-refractivity contribution < 1.29 is 4.74 Å². The van der Waals surface area contributed by atoms with Crippen molar-refractivity contribution in [2.24, 2.45) is 0 Å². The van der Waals surface area contributed by atoms with Crippen LogP contribution in [0.2, 0.25) is 5.02 Å². The molecule has 0 bridgehead atoms. The average Bonchev–Trinajstić information content (AvgIpc) is 2.99. The second kappa shape index (κ2) is 6.32. The Morgan fingerprint density at radius 3 is 2.68 bits per heavy atom. The number of thiazole rings is 1. The number of nitrogens with zero attached hydrogens (tertiary/aromatic N) is 3. The molecule has 3 heterocycles. The molecule has 6 heteroatoms. The molecule has 4 rings (SSSR count). The number of benzene rings is 1. The predicted molar refractivity (Wildman–Crippen MR) is 92.3 cm³/mol. The minimum absolute atomic E-state index is 0.712. The van der Waals surface area contributed by atoms with Gasteiger partial charge in [-0.2, -0.15) is 0 Å². The molecule has 0 radical (unpaired) electrons. The number of hydrogen-bond donors (Lipinski definition) is 0. The number of piperidine rings is 1. The Morgan fingerprint density at radius 1 is 1.14 bits per heavy atom. The topological polar surface area (TPSA) is 28.6 Å². The lowest BCUT2D eigenvalue weighted by molar-refractivity contribution is 0.0115. The van der Waals surface area contributed by atoms with E-state index in [2.05, 4.69) is 9.80 Å². The molecule has 1 aromatic heterocycles. The third kappa shape index (κ3) is 2.95. The molecule has 0 amide bonds. The SMILES string of the molecule is Clc1ccc2nc(N3CCC(N4CCOCC4)CC3)sc2c1. The van der Waals surface area contributed by atoms with Crippen LogP contribution in [-0.2, 0) is 4.74 Å². The molecule has 0 atom stereocenters. The van der Waals surface area contributed by atoms with Gasteiger partial charge in [0.1, 0.15) is 0 Å².